The van der Waals surface area contributed by atoms with Gasteiger partial charge < -0.3 is 10.5 Å². The fraction of sp³-hybridized carbons (Fsp3) is 1.00. The van der Waals surface area contributed by atoms with Crippen LogP contribution in [0.15, 0.2) is 0 Å². The Kier molecular flexibility index (Phi) is 4.19. The zero-order valence-corrected chi connectivity index (χ0v) is 6.49. The molecule has 0 radical (unpaired) electrons. The van der Waals surface area contributed by atoms with Crippen molar-refractivity contribution < 1.29 is 4.74 Å². The van der Waals surface area contributed by atoms with Gasteiger partial charge in [-0.25, -0.2) is 0 Å². The quantitative estimate of drug-likeness (QED) is 0.638. The second-order valence-corrected chi connectivity index (χ2v) is 2.31. The lowest BCUT2D eigenvalue weighted by Crippen LogP contribution is -2.41. The van der Waals surface area contributed by atoms with Gasteiger partial charge in [0.2, 0.25) is 0 Å². The zero-order chi connectivity index (χ0) is 5.98. The summed E-state index contributed by atoms with van der Waals surface area (Å²) in [5.41, 5.74) is 5.52. The molecule has 0 saturated heterocycles. The molecule has 0 heterocycles. The predicted octanol–water partition coefficient (Wildman–Crippen LogP) is 0.934. The van der Waals surface area contributed by atoms with Gasteiger partial charge in [0, 0.05) is 12.6 Å². The maximum atomic E-state index is 5.52. The molecular formula is C6H14ClNO. The predicted molar refractivity (Wildman–Crippen MR) is 39.9 cm³/mol. The van der Waals surface area contributed by atoms with Crippen LogP contribution in [-0.4, -0.2) is 18.8 Å². The molecule has 1 saturated carbocycles. The number of hydrogen-bond donors (Lipinski definition) is 1. The first-order valence-corrected chi connectivity index (χ1v) is 3.20. The molecule has 0 amide bonds. The summed E-state index contributed by atoms with van der Waals surface area (Å²) >= 11 is 0. The fourth-order valence-corrected chi connectivity index (χ4v) is 0.978. The van der Waals surface area contributed by atoms with E-state index in [-0.39, 0.29) is 12.4 Å². The van der Waals surface area contributed by atoms with Gasteiger partial charge in [0.15, 0.2) is 0 Å². The first-order valence-electron chi connectivity index (χ1n) is 3.20. The van der Waals surface area contributed by atoms with Crippen LogP contribution in [0.4, 0.5) is 0 Å². The molecule has 1 aliphatic carbocycles. The summed E-state index contributed by atoms with van der Waals surface area (Å²) in [5.74, 6) is 0. The SMILES string of the molecule is CCO[C@H]1C[C@@H](N)C1.Cl. The summed E-state index contributed by atoms with van der Waals surface area (Å²) in [6.45, 7) is 2.85. The minimum Gasteiger partial charge on any atom is -0.378 e. The van der Waals surface area contributed by atoms with Crippen molar-refractivity contribution in [3.8, 4) is 0 Å². The molecule has 2 N–H and O–H groups in total. The van der Waals surface area contributed by atoms with E-state index >= 15 is 0 Å². The Morgan fingerprint density at radius 2 is 2.11 bits per heavy atom. The standard InChI is InChI=1S/C6H13NO.ClH/c1-2-8-6-3-5(7)4-6;/h5-6H,2-4,7H2,1H3;1H/t5-,6+;. The summed E-state index contributed by atoms with van der Waals surface area (Å²) in [6.07, 6.45) is 2.61. The molecule has 0 unspecified atom stereocenters. The van der Waals surface area contributed by atoms with E-state index in [9.17, 15) is 0 Å². The number of rotatable bonds is 2. The van der Waals surface area contributed by atoms with Crippen LogP contribution in [0, 0.1) is 0 Å². The lowest BCUT2D eigenvalue weighted by molar-refractivity contribution is -0.00122. The summed E-state index contributed by atoms with van der Waals surface area (Å²) in [5, 5.41) is 0. The van der Waals surface area contributed by atoms with Crippen molar-refractivity contribution in [1.29, 1.82) is 0 Å². The molecule has 0 spiro atoms. The molecule has 0 aromatic rings. The second-order valence-electron chi connectivity index (χ2n) is 2.31. The molecule has 3 heteroatoms. The van der Waals surface area contributed by atoms with Crippen LogP contribution < -0.4 is 5.73 Å². The van der Waals surface area contributed by atoms with Gasteiger partial charge >= 0.3 is 0 Å². The monoisotopic (exact) mass is 151 g/mol. The molecule has 2 nitrogen and oxygen atoms in total. The van der Waals surface area contributed by atoms with Crippen LogP contribution in [0.5, 0.6) is 0 Å². The minimum absolute atomic E-state index is 0. The van der Waals surface area contributed by atoms with E-state index in [0.29, 0.717) is 12.1 Å². The number of nitrogens with two attached hydrogens (primary N) is 1. The van der Waals surface area contributed by atoms with E-state index in [1.807, 2.05) is 6.92 Å². The molecule has 1 fully saturated rings. The summed E-state index contributed by atoms with van der Waals surface area (Å²) in [6, 6.07) is 0.423. The Morgan fingerprint density at radius 3 is 2.44 bits per heavy atom. The van der Waals surface area contributed by atoms with Crippen LogP contribution in [0.1, 0.15) is 19.8 Å². The number of halogens is 1. The van der Waals surface area contributed by atoms with Gasteiger partial charge in [-0.3, -0.25) is 0 Å². The fourth-order valence-electron chi connectivity index (χ4n) is 0.978. The number of hydrogen-bond acceptors (Lipinski definition) is 2. The van der Waals surface area contributed by atoms with E-state index in [2.05, 4.69) is 0 Å². The van der Waals surface area contributed by atoms with E-state index in [0.717, 1.165) is 19.4 Å². The molecule has 0 aliphatic heterocycles. The van der Waals surface area contributed by atoms with Crippen molar-refractivity contribution in [2.24, 2.45) is 5.73 Å². The third kappa shape index (κ3) is 2.52. The zero-order valence-electron chi connectivity index (χ0n) is 5.67. The van der Waals surface area contributed by atoms with Crippen molar-refractivity contribution in [2.45, 2.75) is 31.9 Å². The van der Waals surface area contributed by atoms with Gasteiger partial charge in [0.05, 0.1) is 6.10 Å². The van der Waals surface area contributed by atoms with E-state index in [1.165, 1.54) is 0 Å². The van der Waals surface area contributed by atoms with Gasteiger partial charge in [0.25, 0.3) is 0 Å². The molecule has 0 aromatic carbocycles. The smallest absolute Gasteiger partial charge is 0.0604 e. The molecule has 0 atom stereocenters. The lowest BCUT2D eigenvalue weighted by atomic mass is 9.90. The first-order chi connectivity index (χ1) is 3.83. The molecule has 1 aliphatic rings. The highest BCUT2D eigenvalue weighted by Crippen LogP contribution is 2.20. The van der Waals surface area contributed by atoms with Crippen LogP contribution in [0.3, 0.4) is 0 Å². The molecule has 56 valence electrons. The summed E-state index contributed by atoms with van der Waals surface area (Å²) < 4.78 is 5.27. The van der Waals surface area contributed by atoms with Gasteiger partial charge in [-0.05, 0) is 19.8 Å². The highest BCUT2D eigenvalue weighted by Gasteiger charge is 2.25. The van der Waals surface area contributed by atoms with Gasteiger partial charge in [0.1, 0.15) is 0 Å². The minimum atomic E-state index is 0. The van der Waals surface area contributed by atoms with Crippen LogP contribution in [0.25, 0.3) is 0 Å². The van der Waals surface area contributed by atoms with Gasteiger partial charge in [-0.15, -0.1) is 12.4 Å². The van der Waals surface area contributed by atoms with E-state index in [4.69, 9.17) is 10.5 Å². The van der Waals surface area contributed by atoms with Crippen LogP contribution >= 0.6 is 12.4 Å². The van der Waals surface area contributed by atoms with Crippen molar-refractivity contribution in [1.82, 2.24) is 0 Å². The Hall–Kier alpha value is 0.210. The normalized spacial score (nSPS) is 32.7. The average molecular weight is 152 g/mol. The summed E-state index contributed by atoms with van der Waals surface area (Å²) in [4.78, 5) is 0. The number of ether oxygens (including phenoxy) is 1. The highest BCUT2D eigenvalue weighted by molar-refractivity contribution is 5.85. The lowest BCUT2D eigenvalue weighted by Gasteiger charge is -2.31. The topological polar surface area (TPSA) is 35.2 Å². The maximum Gasteiger partial charge on any atom is 0.0604 e. The Balaban J connectivity index is 0.000000640. The highest BCUT2D eigenvalue weighted by atomic mass is 35.5. The largest absolute Gasteiger partial charge is 0.378 e. The van der Waals surface area contributed by atoms with Crippen molar-refractivity contribution in [3.63, 3.8) is 0 Å². The Labute approximate surface area is 62.2 Å². The average Bonchev–Trinajstić information content (AvgIpc) is 1.64. The molecular weight excluding hydrogens is 138 g/mol. The Bertz CT molecular complexity index is 70.7. The third-order valence-corrected chi connectivity index (χ3v) is 1.53. The van der Waals surface area contributed by atoms with Crippen molar-refractivity contribution in [3.05, 3.63) is 0 Å². The van der Waals surface area contributed by atoms with Gasteiger partial charge in [-0.2, -0.15) is 0 Å². The van der Waals surface area contributed by atoms with Crippen molar-refractivity contribution in [2.75, 3.05) is 6.61 Å². The molecule has 1 rings (SSSR count). The summed E-state index contributed by atoms with van der Waals surface area (Å²) in [7, 11) is 0. The van der Waals surface area contributed by atoms with Crippen molar-refractivity contribution >= 4 is 12.4 Å². The second kappa shape index (κ2) is 4.09. The van der Waals surface area contributed by atoms with Crippen LogP contribution in [0.2, 0.25) is 0 Å². The molecule has 0 bridgehead atoms. The van der Waals surface area contributed by atoms with Gasteiger partial charge in [-0.1, -0.05) is 0 Å². The maximum absolute atomic E-state index is 5.52. The van der Waals surface area contributed by atoms with E-state index < -0.39 is 0 Å². The Morgan fingerprint density at radius 1 is 1.56 bits per heavy atom. The van der Waals surface area contributed by atoms with Crippen LogP contribution in [-0.2, 0) is 4.74 Å². The molecule has 0 aromatic heterocycles. The third-order valence-electron chi connectivity index (χ3n) is 1.53. The molecule has 9 heavy (non-hydrogen) atoms. The van der Waals surface area contributed by atoms with E-state index in [1.54, 1.807) is 0 Å². The first kappa shape index (κ1) is 9.21.